The van der Waals surface area contributed by atoms with Gasteiger partial charge in [0.2, 0.25) is 0 Å². The number of anilines is 1. The number of amides is 1. The van der Waals surface area contributed by atoms with E-state index in [0.29, 0.717) is 54.7 Å². The Hall–Kier alpha value is -3.75. The average Bonchev–Trinajstić information content (AvgIpc) is 2.90. The van der Waals surface area contributed by atoms with Gasteiger partial charge in [-0.25, -0.2) is 8.42 Å². The molecule has 37 heavy (non-hydrogen) atoms. The largest absolute Gasteiger partial charge is 0.389 e. The Bertz CT molecular complexity index is 1540. The summed E-state index contributed by atoms with van der Waals surface area (Å²) in [6.07, 6.45) is 3.14. The van der Waals surface area contributed by atoms with Crippen molar-refractivity contribution in [1.82, 2.24) is 9.88 Å². The van der Waals surface area contributed by atoms with Gasteiger partial charge in [0.1, 0.15) is 4.90 Å². The predicted octanol–water partition coefficient (Wildman–Crippen LogP) is 4.55. The van der Waals surface area contributed by atoms with Crippen LogP contribution in [-0.2, 0) is 16.4 Å². The highest BCUT2D eigenvalue weighted by molar-refractivity contribution is 7.93. The number of carbonyl (C=O) groups is 1. The van der Waals surface area contributed by atoms with Crippen molar-refractivity contribution in [2.24, 2.45) is 0 Å². The van der Waals surface area contributed by atoms with Crippen LogP contribution in [0.15, 0.2) is 90.0 Å². The molecule has 7 nitrogen and oxygen atoms in total. The van der Waals surface area contributed by atoms with Crippen LogP contribution in [0.25, 0.3) is 10.9 Å². The fraction of sp³-hybridized carbons (Fsp3) is 0.241. The van der Waals surface area contributed by atoms with Gasteiger partial charge in [0.25, 0.3) is 15.9 Å². The maximum absolute atomic E-state index is 13.2. The first-order valence-corrected chi connectivity index (χ1v) is 13.8. The molecule has 1 aromatic heterocycles. The van der Waals surface area contributed by atoms with Gasteiger partial charge in [0.05, 0.1) is 16.8 Å². The first kappa shape index (κ1) is 24.9. The summed E-state index contributed by atoms with van der Waals surface area (Å²) in [5, 5.41) is 11.8. The van der Waals surface area contributed by atoms with Gasteiger partial charge in [0.15, 0.2) is 0 Å². The summed E-state index contributed by atoms with van der Waals surface area (Å²) in [5.74, 6) is -0.127. The van der Waals surface area contributed by atoms with Gasteiger partial charge in [-0.1, -0.05) is 48.5 Å². The number of hydrogen-bond donors (Lipinski definition) is 2. The number of rotatable bonds is 6. The van der Waals surface area contributed by atoms with Crippen molar-refractivity contribution in [3.63, 3.8) is 0 Å². The summed E-state index contributed by atoms with van der Waals surface area (Å²) in [4.78, 5) is 19.3. The number of benzene rings is 3. The van der Waals surface area contributed by atoms with Crippen molar-refractivity contribution in [3.05, 3.63) is 102 Å². The molecule has 0 radical (unpaired) electrons. The van der Waals surface area contributed by atoms with Crippen LogP contribution in [0.1, 0.15) is 34.3 Å². The highest BCUT2D eigenvalue weighted by atomic mass is 32.2. The minimum Gasteiger partial charge on any atom is -0.389 e. The van der Waals surface area contributed by atoms with Crippen molar-refractivity contribution in [3.8, 4) is 0 Å². The van der Waals surface area contributed by atoms with E-state index in [2.05, 4.69) is 9.71 Å². The number of sulfonamides is 1. The Morgan fingerprint density at radius 2 is 1.73 bits per heavy atom. The van der Waals surface area contributed by atoms with Crippen LogP contribution >= 0.6 is 0 Å². The van der Waals surface area contributed by atoms with Gasteiger partial charge in [-0.15, -0.1) is 0 Å². The van der Waals surface area contributed by atoms with Crippen LogP contribution < -0.4 is 4.72 Å². The quantitative estimate of drug-likeness (QED) is 0.392. The predicted molar refractivity (Wildman–Crippen MR) is 144 cm³/mol. The van der Waals surface area contributed by atoms with Gasteiger partial charge >= 0.3 is 0 Å². The molecule has 1 aliphatic rings. The Labute approximate surface area is 216 Å². The van der Waals surface area contributed by atoms with Crippen LogP contribution in [0.2, 0.25) is 0 Å². The van der Waals surface area contributed by atoms with Crippen molar-refractivity contribution >= 4 is 32.5 Å². The van der Waals surface area contributed by atoms with Crippen LogP contribution in [0, 0.1) is 6.92 Å². The van der Waals surface area contributed by atoms with Gasteiger partial charge in [0, 0.05) is 36.7 Å². The average molecular weight is 516 g/mol. The molecule has 1 saturated heterocycles. The monoisotopic (exact) mass is 515 g/mol. The molecule has 0 spiro atoms. The molecule has 0 atom stereocenters. The molecule has 190 valence electrons. The van der Waals surface area contributed by atoms with Crippen molar-refractivity contribution in [2.75, 3.05) is 17.8 Å². The topological polar surface area (TPSA) is 99.6 Å². The third-order valence-corrected chi connectivity index (χ3v) is 8.36. The van der Waals surface area contributed by atoms with E-state index in [-0.39, 0.29) is 10.8 Å². The van der Waals surface area contributed by atoms with E-state index in [1.54, 1.807) is 48.4 Å². The van der Waals surface area contributed by atoms with Gasteiger partial charge in [-0.2, -0.15) is 0 Å². The smallest absolute Gasteiger partial charge is 0.264 e. The summed E-state index contributed by atoms with van der Waals surface area (Å²) in [7, 11) is -3.89. The Morgan fingerprint density at radius 1 is 1.00 bits per heavy atom. The lowest BCUT2D eigenvalue weighted by molar-refractivity contribution is -0.0162. The van der Waals surface area contributed by atoms with Crippen molar-refractivity contribution in [2.45, 2.75) is 36.7 Å². The number of para-hydroxylation sites is 1. The van der Waals surface area contributed by atoms with E-state index >= 15 is 0 Å². The molecule has 3 aromatic carbocycles. The molecule has 1 fully saturated rings. The maximum Gasteiger partial charge on any atom is 0.264 e. The second-order valence-corrected chi connectivity index (χ2v) is 11.3. The molecular weight excluding hydrogens is 486 g/mol. The van der Waals surface area contributed by atoms with E-state index in [1.165, 1.54) is 6.07 Å². The molecule has 0 unspecified atom stereocenters. The summed E-state index contributed by atoms with van der Waals surface area (Å²) in [6, 6.07) is 23.5. The molecule has 2 heterocycles. The Balaban J connectivity index is 1.28. The molecule has 0 bridgehead atoms. The summed E-state index contributed by atoms with van der Waals surface area (Å²) in [6.45, 7) is 2.69. The molecule has 4 aromatic rings. The van der Waals surface area contributed by atoms with Crippen LogP contribution in [0.3, 0.4) is 0 Å². The zero-order valence-corrected chi connectivity index (χ0v) is 21.4. The minimum absolute atomic E-state index is 0.0986. The lowest BCUT2D eigenvalue weighted by Crippen LogP contribution is -2.47. The van der Waals surface area contributed by atoms with Crippen LogP contribution in [0.4, 0.5) is 5.69 Å². The SMILES string of the molecule is Cc1cc(C(=O)N2CCC(O)(Cc3ccccc3)CC2)ccc1NS(=O)(=O)c1cccc2cccnc12. The normalized spacial score (nSPS) is 15.5. The fourth-order valence-corrected chi connectivity index (χ4v) is 6.18. The number of aliphatic hydroxyl groups is 1. The number of nitrogens with one attached hydrogen (secondary N) is 1. The van der Waals surface area contributed by atoms with E-state index in [1.807, 2.05) is 42.5 Å². The highest BCUT2D eigenvalue weighted by Crippen LogP contribution is 2.29. The number of aryl methyl sites for hydroxylation is 1. The van der Waals surface area contributed by atoms with Crippen molar-refractivity contribution in [1.29, 1.82) is 0 Å². The number of carbonyl (C=O) groups excluding carboxylic acids is 1. The number of nitrogens with zero attached hydrogens (tertiary/aromatic N) is 2. The summed E-state index contributed by atoms with van der Waals surface area (Å²) < 4.78 is 29.0. The first-order valence-electron chi connectivity index (χ1n) is 12.3. The molecule has 1 aliphatic heterocycles. The second kappa shape index (κ2) is 9.95. The molecule has 5 rings (SSSR count). The highest BCUT2D eigenvalue weighted by Gasteiger charge is 2.34. The molecule has 2 N–H and O–H groups in total. The zero-order valence-electron chi connectivity index (χ0n) is 20.6. The first-order chi connectivity index (χ1) is 17.7. The number of aromatic nitrogens is 1. The minimum atomic E-state index is -3.89. The van der Waals surface area contributed by atoms with Gasteiger partial charge in [-0.05, 0) is 61.2 Å². The number of pyridine rings is 1. The molecule has 0 saturated carbocycles. The molecule has 1 amide bonds. The Morgan fingerprint density at radius 3 is 2.46 bits per heavy atom. The molecular formula is C29H29N3O4S. The number of fused-ring (bicyclic) bond motifs is 1. The lowest BCUT2D eigenvalue weighted by Gasteiger charge is -2.38. The maximum atomic E-state index is 13.2. The van der Waals surface area contributed by atoms with E-state index in [9.17, 15) is 18.3 Å². The van der Waals surface area contributed by atoms with Crippen LogP contribution in [0.5, 0.6) is 0 Å². The van der Waals surface area contributed by atoms with E-state index in [0.717, 1.165) is 10.9 Å². The number of hydrogen-bond acceptors (Lipinski definition) is 5. The lowest BCUT2D eigenvalue weighted by atomic mass is 9.85. The molecule has 0 aliphatic carbocycles. The van der Waals surface area contributed by atoms with Crippen molar-refractivity contribution < 1.29 is 18.3 Å². The van der Waals surface area contributed by atoms with Crippen LogP contribution in [-0.4, -0.2) is 48.0 Å². The second-order valence-electron chi connectivity index (χ2n) is 9.65. The third kappa shape index (κ3) is 5.35. The van der Waals surface area contributed by atoms with Gasteiger partial charge in [-0.3, -0.25) is 14.5 Å². The van der Waals surface area contributed by atoms with Gasteiger partial charge < -0.3 is 10.0 Å². The van der Waals surface area contributed by atoms with E-state index in [4.69, 9.17) is 0 Å². The molecule has 8 heteroatoms. The number of likely N-dealkylation sites (tertiary alicyclic amines) is 1. The summed E-state index contributed by atoms with van der Waals surface area (Å²) in [5.41, 5.74) is 2.19. The standard InChI is InChI=1S/C29H29N3O4S/c1-21-19-24(28(33)32-17-14-29(34,15-18-32)20-22-7-3-2-4-8-22)12-13-25(21)31-37(35,36)26-11-5-9-23-10-6-16-30-27(23)26/h2-13,16,19,31,34H,14-15,17-18,20H2,1H3. The third-order valence-electron chi connectivity index (χ3n) is 6.96. The zero-order chi connectivity index (χ0) is 26.0. The fourth-order valence-electron chi connectivity index (χ4n) is 4.87. The summed E-state index contributed by atoms with van der Waals surface area (Å²) >= 11 is 0. The number of piperidine rings is 1. The van der Waals surface area contributed by atoms with E-state index < -0.39 is 15.6 Å². The Kier molecular flexibility index (Phi) is 6.70.